The molecule has 1 aromatic carbocycles. The molecule has 2 aromatic heterocycles. The molecule has 5 nitrogen and oxygen atoms in total. The molecule has 2 heterocycles. The van der Waals surface area contributed by atoms with Gasteiger partial charge in [0.1, 0.15) is 5.69 Å². The number of nitrogens with zero attached hydrogens (tertiary/aromatic N) is 3. The van der Waals surface area contributed by atoms with Crippen LogP contribution in [-0.4, -0.2) is 21.4 Å². The number of aromatic nitrogens is 3. The van der Waals surface area contributed by atoms with Crippen molar-refractivity contribution >= 4 is 17.4 Å². The van der Waals surface area contributed by atoms with Gasteiger partial charge in [-0.05, 0) is 42.7 Å². The Morgan fingerprint density at radius 1 is 1.10 bits per heavy atom. The lowest BCUT2D eigenvalue weighted by molar-refractivity contribution is 0.431. The molecule has 0 unspecified atom stereocenters. The fourth-order valence-electron chi connectivity index (χ4n) is 1.72. The minimum Gasteiger partial charge on any atom is -0.397 e. The van der Waals surface area contributed by atoms with E-state index in [2.05, 4.69) is 15.1 Å². The van der Waals surface area contributed by atoms with Gasteiger partial charge < -0.3 is 10.3 Å². The number of rotatable bonds is 3. The van der Waals surface area contributed by atoms with Gasteiger partial charge in [-0.15, -0.1) is 11.8 Å². The molecule has 2 N–H and O–H groups in total. The van der Waals surface area contributed by atoms with Gasteiger partial charge in [-0.3, -0.25) is 0 Å². The Balaban J connectivity index is 1.91. The SMILES string of the molecule is CSc1ccc(-c2noc(-c3ccc(N)cn3)n2)cc1. The van der Waals surface area contributed by atoms with Gasteiger partial charge in [-0.2, -0.15) is 4.98 Å². The molecule has 0 spiro atoms. The molecule has 0 saturated heterocycles. The summed E-state index contributed by atoms with van der Waals surface area (Å²) in [6, 6.07) is 11.5. The lowest BCUT2D eigenvalue weighted by Crippen LogP contribution is -1.88. The van der Waals surface area contributed by atoms with E-state index in [1.807, 2.05) is 30.5 Å². The highest BCUT2D eigenvalue weighted by molar-refractivity contribution is 7.98. The van der Waals surface area contributed by atoms with E-state index in [1.54, 1.807) is 30.1 Å². The molecule has 0 aliphatic carbocycles. The summed E-state index contributed by atoms with van der Waals surface area (Å²) in [5.41, 5.74) is 7.72. The molecule has 6 heteroatoms. The first-order valence-corrected chi connectivity index (χ1v) is 7.19. The molecule has 0 aliphatic heterocycles. The minimum absolute atomic E-state index is 0.383. The van der Waals surface area contributed by atoms with Crippen molar-refractivity contribution in [2.24, 2.45) is 0 Å². The van der Waals surface area contributed by atoms with Crippen LogP contribution in [0.2, 0.25) is 0 Å². The quantitative estimate of drug-likeness (QED) is 0.745. The lowest BCUT2D eigenvalue weighted by atomic mass is 10.2. The highest BCUT2D eigenvalue weighted by Gasteiger charge is 2.11. The molecule has 0 bridgehead atoms. The smallest absolute Gasteiger partial charge is 0.276 e. The van der Waals surface area contributed by atoms with E-state index < -0.39 is 0 Å². The second-order valence-corrected chi connectivity index (χ2v) is 5.01. The average molecular weight is 284 g/mol. The molecule has 0 atom stereocenters. The van der Waals surface area contributed by atoms with Gasteiger partial charge in [0.25, 0.3) is 5.89 Å². The number of nitrogens with two attached hydrogens (primary N) is 1. The van der Waals surface area contributed by atoms with Gasteiger partial charge in [-0.25, -0.2) is 4.98 Å². The largest absolute Gasteiger partial charge is 0.397 e. The summed E-state index contributed by atoms with van der Waals surface area (Å²) in [6.07, 6.45) is 3.60. The maximum Gasteiger partial charge on any atom is 0.276 e. The number of hydrogen-bond acceptors (Lipinski definition) is 6. The summed E-state index contributed by atoms with van der Waals surface area (Å²) in [6.45, 7) is 0. The Morgan fingerprint density at radius 2 is 1.90 bits per heavy atom. The first kappa shape index (κ1) is 12.7. The van der Waals surface area contributed by atoms with Crippen molar-refractivity contribution in [3.05, 3.63) is 42.6 Å². The summed E-state index contributed by atoms with van der Waals surface area (Å²) in [5, 5.41) is 3.98. The summed E-state index contributed by atoms with van der Waals surface area (Å²) < 4.78 is 5.23. The summed E-state index contributed by atoms with van der Waals surface area (Å²) in [4.78, 5) is 9.70. The van der Waals surface area contributed by atoms with Crippen molar-refractivity contribution in [3.8, 4) is 23.0 Å². The van der Waals surface area contributed by atoms with E-state index in [0.717, 1.165) is 5.56 Å². The molecule has 0 amide bonds. The number of pyridine rings is 1. The third-order valence-corrected chi connectivity index (χ3v) is 3.52. The van der Waals surface area contributed by atoms with Crippen molar-refractivity contribution in [1.82, 2.24) is 15.1 Å². The summed E-state index contributed by atoms with van der Waals surface area (Å²) in [5.74, 6) is 0.931. The molecule has 0 aliphatic rings. The first-order valence-electron chi connectivity index (χ1n) is 5.96. The number of thioether (sulfide) groups is 1. The van der Waals surface area contributed by atoms with Gasteiger partial charge in [0.05, 0.1) is 11.9 Å². The van der Waals surface area contributed by atoms with Crippen molar-refractivity contribution < 1.29 is 4.52 Å². The number of benzene rings is 1. The third-order valence-electron chi connectivity index (χ3n) is 2.78. The monoisotopic (exact) mass is 284 g/mol. The molecule has 3 aromatic rings. The Labute approximate surface area is 120 Å². The van der Waals surface area contributed by atoms with Crippen LogP contribution in [0.15, 0.2) is 52.0 Å². The van der Waals surface area contributed by atoms with E-state index >= 15 is 0 Å². The van der Waals surface area contributed by atoms with Crippen LogP contribution in [0.5, 0.6) is 0 Å². The zero-order chi connectivity index (χ0) is 13.9. The molecule has 3 rings (SSSR count). The number of hydrogen-bond donors (Lipinski definition) is 1. The molecule has 0 saturated carbocycles. The normalized spacial score (nSPS) is 10.7. The summed E-state index contributed by atoms with van der Waals surface area (Å²) in [7, 11) is 0. The molecule has 0 fully saturated rings. The third kappa shape index (κ3) is 2.50. The molecule has 0 radical (unpaired) electrons. The Morgan fingerprint density at radius 3 is 2.55 bits per heavy atom. The van der Waals surface area contributed by atoms with Crippen LogP contribution >= 0.6 is 11.8 Å². The van der Waals surface area contributed by atoms with Crippen LogP contribution in [0.3, 0.4) is 0 Å². The molecule has 100 valence electrons. The molecular weight excluding hydrogens is 272 g/mol. The zero-order valence-electron chi connectivity index (χ0n) is 10.8. The van der Waals surface area contributed by atoms with E-state index in [0.29, 0.717) is 23.1 Å². The van der Waals surface area contributed by atoms with Crippen molar-refractivity contribution in [1.29, 1.82) is 0 Å². The lowest BCUT2D eigenvalue weighted by Gasteiger charge is -1.97. The van der Waals surface area contributed by atoms with E-state index in [9.17, 15) is 0 Å². The predicted molar refractivity (Wildman–Crippen MR) is 79.2 cm³/mol. The van der Waals surface area contributed by atoms with Gasteiger partial charge in [0.2, 0.25) is 5.82 Å². The van der Waals surface area contributed by atoms with E-state index in [4.69, 9.17) is 10.3 Å². The summed E-state index contributed by atoms with van der Waals surface area (Å²) >= 11 is 1.69. The Kier molecular flexibility index (Phi) is 3.39. The highest BCUT2D eigenvalue weighted by atomic mass is 32.2. The van der Waals surface area contributed by atoms with Crippen molar-refractivity contribution in [3.63, 3.8) is 0 Å². The fraction of sp³-hybridized carbons (Fsp3) is 0.0714. The van der Waals surface area contributed by atoms with Gasteiger partial charge in [-0.1, -0.05) is 5.16 Å². The van der Waals surface area contributed by atoms with Crippen LogP contribution in [0, 0.1) is 0 Å². The van der Waals surface area contributed by atoms with Crippen molar-refractivity contribution in [2.75, 3.05) is 12.0 Å². The molecule has 20 heavy (non-hydrogen) atoms. The van der Waals surface area contributed by atoms with E-state index in [-0.39, 0.29) is 0 Å². The van der Waals surface area contributed by atoms with Gasteiger partial charge >= 0.3 is 0 Å². The van der Waals surface area contributed by atoms with E-state index in [1.165, 1.54) is 4.90 Å². The zero-order valence-corrected chi connectivity index (χ0v) is 11.6. The van der Waals surface area contributed by atoms with Crippen molar-refractivity contribution in [2.45, 2.75) is 4.90 Å². The van der Waals surface area contributed by atoms with Crippen LogP contribution in [0.25, 0.3) is 23.0 Å². The van der Waals surface area contributed by atoms with Crippen LogP contribution in [0.4, 0.5) is 5.69 Å². The standard InChI is InChI=1S/C14H12N4OS/c1-20-11-5-2-9(3-6-11)13-17-14(19-18-13)12-7-4-10(15)8-16-12/h2-8H,15H2,1H3. The van der Waals surface area contributed by atoms with Gasteiger partial charge in [0.15, 0.2) is 0 Å². The topological polar surface area (TPSA) is 77.8 Å². The number of nitrogen functional groups attached to an aromatic ring is 1. The Bertz CT molecular complexity index is 707. The number of anilines is 1. The molecular formula is C14H12N4OS. The van der Waals surface area contributed by atoms with Crippen LogP contribution < -0.4 is 5.73 Å². The Hall–Kier alpha value is -2.34. The van der Waals surface area contributed by atoms with Crippen LogP contribution in [-0.2, 0) is 0 Å². The van der Waals surface area contributed by atoms with Crippen LogP contribution in [0.1, 0.15) is 0 Å². The second kappa shape index (κ2) is 5.34. The first-order chi connectivity index (χ1) is 9.76. The highest BCUT2D eigenvalue weighted by Crippen LogP contribution is 2.23. The maximum absolute atomic E-state index is 5.60. The second-order valence-electron chi connectivity index (χ2n) is 4.13. The predicted octanol–water partition coefficient (Wildman–Crippen LogP) is 3.10. The maximum atomic E-state index is 5.60. The van der Waals surface area contributed by atoms with Gasteiger partial charge in [0, 0.05) is 10.5 Å². The minimum atomic E-state index is 0.383. The fourth-order valence-corrected chi connectivity index (χ4v) is 2.12. The average Bonchev–Trinajstić information content (AvgIpc) is 2.98.